The van der Waals surface area contributed by atoms with Crippen molar-refractivity contribution >= 4 is 35.2 Å². The first kappa shape index (κ1) is 35.8. The van der Waals surface area contributed by atoms with Crippen LogP contribution >= 0.6 is 11.6 Å². The summed E-state index contributed by atoms with van der Waals surface area (Å²) in [4.78, 5) is 55.6. The molecule has 6 rings (SSSR count). The number of benzene rings is 2. The summed E-state index contributed by atoms with van der Waals surface area (Å²) in [5.74, 6) is -0.544. The van der Waals surface area contributed by atoms with Crippen LogP contribution in [0, 0.1) is 27.6 Å². The topological polar surface area (TPSA) is 152 Å². The van der Waals surface area contributed by atoms with Crippen LogP contribution in [0.4, 0.5) is 0 Å². The third-order valence-electron chi connectivity index (χ3n) is 11.5. The summed E-state index contributed by atoms with van der Waals surface area (Å²) >= 11 is 6.22. The van der Waals surface area contributed by atoms with E-state index in [9.17, 15) is 29.5 Å². The molecule has 266 valence electrons. The quantitative estimate of drug-likeness (QED) is 0.329. The zero-order valence-corrected chi connectivity index (χ0v) is 29.9. The summed E-state index contributed by atoms with van der Waals surface area (Å²) in [7, 11) is 0. The van der Waals surface area contributed by atoms with Crippen LogP contribution in [0.5, 0.6) is 5.75 Å². The Bertz CT molecular complexity index is 1690. The fraction of sp³-hybridized carbons (Fsp3) is 0.553. The van der Waals surface area contributed by atoms with Gasteiger partial charge >= 0.3 is 0 Å². The average Bonchev–Trinajstić information content (AvgIpc) is 3.31. The zero-order chi connectivity index (χ0) is 36.0. The predicted molar refractivity (Wildman–Crippen MR) is 186 cm³/mol. The molecule has 2 unspecified atom stereocenters. The van der Waals surface area contributed by atoms with Crippen LogP contribution in [0.3, 0.4) is 0 Å². The van der Waals surface area contributed by atoms with E-state index in [-0.39, 0.29) is 53.5 Å². The van der Waals surface area contributed by atoms with E-state index in [2.05, 4.69) is 49.3 Å². The molecular formula is C38H46ClN5O6. The molecule has 3 saturated heterocycles. The first-order valence-electron chi connectivity index (χ1n) is 17.5. The molecule has 1 aliphatic carbocycles. The lowest BCUT2D eigenvalue weighted by molar-refractivity contribution is -0.164. The van der Waals surface area contributed by atoms with Crippen LogP contribution in [0.1, 0.15) is 87.7 Å². The summed E-state index contributed by atoms with van der Waals surface area (Å²) < 4.78 is 6.34. The number of halogens is 1. The summed E-state index contributed by atoms with van der Waals surface area (Å²) in [6.07, 6.45) is 2.55. The Balaban J connectivity index is 0.960. The minimum Gasteiger partial charge on any atom is -0.489 e. The van der Waals surface area contributed by atoms with Crippen molar-refractivity contribution in [1.82, 2.24) is 20.4 Å². The number of nitriles is 1. The number of carbonyl (C=O) groups excluding carboxylic acids is 4. The molecule has 1 saturated carbocycles. The van der Waals surface area contributed by atoms with Crippen molar-refractivity contribution in [2.45, 2.75) is 97.1 Å². The highest BCUT2D eigenvalue weighted by Gasteiger charge is 2.64. The van der Waals surface area contributed by atoms with Gasteiger partial charge in [-0.25, -0.2) is 0 Å². The van der Waals surface area contributed by atoms with Gasteiger partial charge in [0, 0.05) is 34.9 Å². The van der Waals surface area contributed by atoms with Gasteiger partial charge in [-0.2, -0.15) is 5.26 Å². The van der Waals surface area contributed by atoms with E-state index in [0.717, 1.165) is 29.8 Å². The Kier molecular flexibility index (Phi) is 9.76. The third kappa shape index (κ3) is 6.61. The molecule has 4 fully saturated rings. The van der Waals surface area contributed by atoms with Gasteiger partial charge in [0.1, 0.15) is 30.2 Å². The van der Waals surface area contributed by atoms with Gasteiger partial charge in [0.15, 0.2) is 0 Å². The molecule has 0 bridgehead atoms. The molecule has 0 aromatic heterocycles. The summed E-state index contributed by atoms with van der Waals surface area (Å²) in [6, 6.07) is 13.9. The number of piperidine rings is 2. The Hall–Kier alpha value is -3.98. The maximum Gasteiger partial charge on any atom is 0.251 e. The predicted octanol–water partition coefficient (Wildman–Crippen LogP) is 4.19. The summed E-state index contributed by atoms with van der Waals surface area (Å²) in [5.41, 5.74) is 0.670. The highest BCUT2D eigenvalue weighted by molar-refractivity contribution is 6.31. The van der Waals surface area contributed by atoms with E-state index in [0.29, 0.717) is 54.3 Å². The zero-order valence-electron chi connectivity index (χ0n) is 29.1. The number of nitrogens with zero attached hydrogens (tertiary/aromatic N) is 3. The molecule has 0 radical (unpaired) electrons. The second-order valence-corrected chi connectivity index (χ2v) is 16.0. The lowest BCUT2D eigenvalue weighted by Gasteiger charge is -2.63. The minimum atomic E-state index is -0.933. The Morgan fingerprint density at radius 3 is 2.36 bits per heavy atom. The highest BCUT2D eigenvalue weighted by Crippen LogP contribution is 2.55. The summed E-state index contributed by atoms with van der Waals surface area (Å²) in [6.45, 7) is 10.6. The highest BCUT2D eigenvalue weighted by atomic mass is 35.5. The van der Waals surface area contributed by atoms with Gasteiger partial charge in [-0.15, -0.1) is 0 Å². The van der Waals surface area contributed by atoms with Gasteiger partial charge in [-0.1, -0.05) is 51.4 Å². The first-order chi connectivity index (χ1) is 23.7. The molecule has 2 aromatic carbocycles. The van der Waals surface area contributed by atoms with Gasteiger partial charge in [0.2, 0.25) is 17.7 Å². The molecule has 4 aliphatic rings. The number of rotatable bonds is 9. The Labute approximate surface area is 298 Å². The number of imide groups is 1. The number of aliphatic hydroxyl groups is 1. The first-order valence-corrected chi connectivity index (χ1v) is 17.9. The second kappa shape index (κ2) is 13.6. The molecule has 11 nitrogen and oxygen atoms in total. The maximum atomic E-state index is 13.5. The number of hydrogen-bond donors (Lipinski definition) is 3. The van der Waals surface area contributed by atoms with Crippen LogP contribution in [0.2, 0.25) is 5.02 Å². The number of likely N-dealkylation sites (tertiary alicyclic amines) is 2. The largest absolute Gasteiger partial charge is 0.489 e. The SMILES string of the molecule is CC1(C)C(NC(=O)c2ccc(CCCN3CCC4(CC3)CC(=O)N(C3CCC(O)NC3=O)C4=O)cc2)C(C)(C)C1Oc1ccc(C#N)c(Cl)c1. The maximum absolute atomic E-state index is 13.5. The molecule has 3 heterocycles. The van der Waals surface area contributed by atoms with Crippen LogP contribution in [-0.4, -0.2) is 82.6 Å². The van der Waals surface area contributed by atoms with E-state index in [1.54, 1.807) is 18.2 Å². The lowest BCUT2D eigenvalue weighted by Crippen LogP contribution is -2.74. The molecule has 12 heteroatoms. The van der Waals surface area contributed by atoms with Gasteiger partial charge in [0.25, 0.3) is 5.91 Å². The van der Waals surface area contributed by atoms with E-state index in [1.165, 1.54) is 0 Å². The van der Waals surface area contributed by atoms with Crippen molar-refractivity contribution in [2.24, 2.45) is 16.2 Å². The number of nitrogens with one attached hydrogen (secondary N) is 2. The van der Waals surface area contributed by atoms with Gasteiger partial charge < -0.3 is 25.4 Å². The molecule has 1 spiro atoms. The van der Waals surface area contributed by atoms with Gasteiger partial charge in [0.05, 0.1) is 16.0 Å². The minimum absolute atomic E-state index is 0.133. The monoisotopic (exact) mass is 703 g/mol. The molecule has 3 aliphatic heterocycles. The smallest absolute Gasteiger partial charge is 0.251 e. The van der Waals surface area contributed by atoms with Crippen LogP contribution in [0.25, 0.3) is 0 Å². The van der Waals surface area contributed by atoms with Crippen molar-refractivity contribution in [2.75, 3.05) is 19.6 Å². The number of aryl methyl sites for hydroxylation is 1. The van der Waals surface area contributed by atoms with Crippen LogP contribution < -0.4 is 15.4 Å². The Morgan fingerprint density at radius 2 is 1.74 bits per heavy atom. The number of carbonyl (C=O) groups is 4. The van der Waals surface area contributed by atoms with Crippen LogP contribution in [-0.2, 0) is 20.8 Å². The molecule has 4 amide bonds. The normalized spacial score (nSPS) is 27.0. The van der Waals surface area contributed by atoms with E-state index in [4.69, 9.17) is 16.3 Å². The van der Waals surface area contributed by atoms with E-state index < -0.39 is 23.6 Å². The number of aliphatic hydroxyl groups excluding tert-OH is 1. The van der Waals surface area contributed by atoms with E-state index >= 15 is 0 Å². The van der Waals surface area contributed by atoms with Crippen molar-refractivity contribution in [3.63, 3.8) is 0 Å². The standard InChI is InChI=1S/C38H46ClN5O6/c1-36(2)33(37(3,4)34(36)50-26-12-11-25(22-40)27(39)20-26)42-31(47)24-9-7-23(8-10-24)6-5-17-43-18-15-38(16-19-43)21-30(46)44(35(38)49)28-13-14-29(45)41-32(28)48/h7-12,20,28-29,33-34,45H,5-6,13-19,21H2,1-4H3,(H,41,48)(H,42,47). The molecular weight excluding hydrogens is 658 g/mol. The van der Waals surface area contributed by atoms with Crippen LogP contribution in [0.15, 0.2) is 42.5 Å². The molecule has 3 N–H and O–H groups in total. The number of amides is 4. The third-order valence-corrected chi connectivity index (χ3v) is 11.8. The average molecular weight is 704 g/mol. The molecule has 2 atom stereocenters. The number of hydrogen-bond acceptors (Lipinski definition) is 8. The van der Waals surface area contributed by atoms with Gasteiger partial charge in [-0.05, 0) is 88.0 Å². The van der Waals surface area contributed by atoms with Crippen molar-refractivity contribution < 1.29 is 29.0 Å². The van der Waals surface area contributed by atoms with Crippen molar-refractivity contribution in [3.05, 3.63) is 64.2 Å². The fourth-order valence-corrected chi connectivity index (χ4v) is 9.11. The molecule has 50 heavy (non-hydrogen) atoms. The lowest BCUT2D eigenvalue weighted by atomic mass is 9.49. The second-order valence-electron chi connectivity index (χ2n) is 15.6. The van der Waals surface area contributed by atoms with Crippen molar-refractivity contribution in [3.8, 4) is 11.8 Å². The van der Waals surface area contributed by atoms with Crippen molar-refractivity contribution in [1.29, 1.82) is 5.26 Å². The fourth-order valence-electron chi connectivity index (χ4n) is 8.90. The summed E-state index contributed by atoms with van der Waals surface area (Å²) in [5, 5.41) is 24.9. The van der Waals surface area contributed by atoms with E-state index in [1.807, 2.05) is 24.3 Å². The Morgan fingerprint density at radius 1 is 1.06 bits per heavy atom. The molecule has 2 aromatic rings. The van der Waals surface area contributed by atoms with Gasteiger partial charge in [-0.3, -0.25) is 24.1 Å². The number of ether oxygens (including phenoxy) is 1.